The number of anilines is 1. The van der Waals surface area contributed by atoms with E-state index in [1.54, 1.807) is 11.3 Å². The van der Waals surface area contributed by atoms with Gasteiger partial charge in [-0.25, -0.2) is 4.98 Å². The molecule has 0 fully saturated rings. The van der Waals surface area contributed by atoms with Crippen molar-refractivity contribution in [3.8, 4) is 0 Å². The average Bonchev–Trinajstić information content (AvgIpc) is 3.19. The lowest BCUT2D eigenvalue weighted by atomic mass is 9.94. The van der Waals surface area contributed by atoms with Crippen LogP contribution in [-0.4, -0.2) is 10.9 Å². The first-order chi connectivity index (χ1) is 10.7. The summed E-state index contributed by atoms with van der Waals surface area (Å²) in [6.45, 7) is 2.21. The highest BCUT2D eigenvalue weighted by atomic mass is 32.1. The Bertz CT molecular complexity index is 698. The number of hydrogen-bond donors (Lipinski definition) is 1. The molecule has 1 amide bonds. The second kappa shape index (κ2) is 7.03. The molecule has 3 nitrogen and oxygen atoms in total. The predicted octanol–water partition coefficient (Wildman–Crippen LogP) is 4.76. The summed E-state index contributed by atoms with van der Waals surface area (Å²) in [7, 11) is 0. The third kappa shape index (κ3) is 3.72. The van der Waals surface area contributed by atoms with Crippen LogP contribution < -0.4 is 5.32 Å². The van der Waals surface area contributed by atoms with Gasteiger partial charge in [0.2, 0.25) is 5.91 Å². The maximum Gasteiger partial charge on any atom is 0.231 e. The van der Waals surface area contributed by atoms with E-state index in [9.17, 15) is 4.79 Å². The number of aromatic nitrogens is 1. The van der Waals surface area contributed by atoms with Crippen LogP contribution in [0.25, 0.3) is 5.57 Å². The second-order valence-corrected chi connectivity index (χ2v) is 7.16. The zero-order valence-corrected chi connectivity index (χ0v) is 14.0. The number of amides is 1. The van der Waals surface area contributed by atoms with Crippen molar-refractivity contribution in [2.45, 2.75) is 26.2 Å². The molecule has 114 valence electrons. The molecule has 1 N–H and O–H groups in total. The van der Waals surface area contributed by atoms with Crippen LogP contribution >= 0.6 is 22.7 Å². The van der Waals surface area contributed by atoms with Gasteiger partial charge in [0.05, 0.1) is 12.1 Å². The van der Waals surface area contributed by atoms with E-state index in [0.29, 0.717) is 17.5 Å². The Hall–Kier alpha value is -1.72. The first kappa shape index (κ1) is 15.2. The molecule has 0 aromatic carbocycles. The number of nitrogens with one attached hydrogen (secondary N) is 1. The molecule has 0 spiro atoms. The number of rotatable bonds is 5. The summed E-state index contributed by atoms with van der Waals surface area (Å²) in [5.41, 5.74) is 2.10. The number of allylic oxidation sites excluding steroid dienone is 4. The first-order valence-electron chi connectivity index (χ1n) is 7.41. The van der Waals surface area contributed by atoms with Crippen LogP contribution in [0.4, 0.5) is 5.13 Å². The van der Waals surface area contributed by atoms with Crippen LogP contribution in [0.2, 0.25) is 0 Å². The van der Waals surface area contributed by atoms with Crippen molar-refractivity contribution in [3.63, 3.8) is 0 Å². The van der Waals surface area contributed by atoms with Crippen molar-refractivity contribution in [1.29, 1.82) is 0 Å². The van der Waals surface area contributed by atoms with Gasteiger partial charge < -0.3 is 5.32 Å². The van der Waals surface area contributed by atoms with Gasteiger partial charge in [0.15, 0.2) is 5.13 Å². The summed E-state index contributed by atoms with van der Waals surface area (Å²) >= 11 is 3.07. The van der Waals surface area contributed by atoms with Gasteiger partial charge in [-0.1, -0.05) is 31.2 Å². The zero-order chi connectivity index (χ0) is 15.4. The van der Waals surface area contributed by atoms with Crippen LogP contribution in [0.3, 0.4) is 0 Å². The van der Waals surface area contributed by atoms with Gasteiger partial charge in [-0.3, -0.25) is 4.79 Å². The third-order valence-corrected chi connectivity index (χ3v) is 5.31. The molecule has 0 radical (unpaired) electrons. The van der Waals surface area contributed by atoms with E-state index < -0.39 is 0 Å². The lowest BCUT2D eigenvalue weighted by Gasteiger charge is -2.12. The smallest absolute Gasteiger partial charge is 0.231 e. The molecule has 3 rings (SSSR count). The van der Waals surface area contributed by atoms with Gasteiger partial charge in [-0.05, 0) is 35.8 Å². The van der Waals surface area contributed by atoms with Crippen molar-refractivity contribution in [2.75, 3.05) is 5.32 Å². The van der Waals surface area contributed by atoms with Crippen LogP contribution in [0.5, 0.6) is 0 Å². The number of carbonyl (C=O) groups excluding carboxylic acids is 1. The van der Waals surface area contributed by atoms with Crippen LogP contribution in [0.15, 0.2) is 41.1 Å². The predicted molar refractivity (Wildman–Crippen MR) is 94.3 cm³/mol. The van der Waals surface area contributed by atoms with Crippen molar-refractivity contribution in [2.24, 2.45) is 5.92 Å². The van der Waals surface area contributed by atoms with Gasteiger partial charge in [0, 0.05) is 10.3 Å². The summed E-state index contributed by atoms with van der Waals surface area (Å²) in [4.78, 5) is 17.6. The first-order valence-corrected chi connectivity index (χ1v) is 9.17. The fourth-order valence-corrected chi connectivity index (χ4v) is 3.80. The number of thiazole rings is 1. The number of hydrogen-bond acceptors (Lipinski definition) is 4. The largest absolute Gasteiger partial charge is 0.302 e. The number of carbonyl (C=O) groups is 1. The van der Waals surface area contributed by atoms with E-state index in [4.69, 9.17) is 0 Å². The van der Waals surface area contributed by atoms with Crippen molar-refractivity contribution in [1.82, 2.24) is 4.98 Å². The van der Waals surface area contributed by atoms with E-state index in [1.807, 2.05) is 22.9 Å². The molecule has 2 heterocycles. The number of nitrogens with zero attached hydrogens (tertiary/aromatic N) is 1. The summed E-state index contributed by atoms with van der Waals surface area (Å²) in [6.07, 6.45) is 9.28. The summed E-state index contributed by atoms with van der Waals surface area (Å²) in [6, 6.07) is 3.93. The minimum absolute atomic E-state index is 0.0115. The molecule has 2 aromatic heterocycles. The van der Waals surface area contributed by atoms with E-state index >= 15 is 0 Å². The molecule has 1 atom stereocenters. The summed E-state index contributed by atoms with van der Waals surface area (Å²) in [5.74, 6) is 0.634. The van der Waals surface area contributed by atoms with Gasteiger partial charge in [0.25, 0.3) is 0 Å². The summed E-state index contributed by atoms with van der Waals surface area (Å²) in [5, 5.41) is 7.54. The van der Waals surface area contributed by atoms with Crippen LogP contribution in [-0.2, 0) is 11.2 Å². The highest BCUT2D eigenvalue weighted by Crippen LogP contribution is 2.28. The lowest BCUT2D eigenvalue weighted by Crippen LogP contribution is -2.13. The highest BCUT2D eigenvalue weighted by molar-refractivity contribution is 7.14. The van der Waals surface area contributed by atoms with Crippen molar-refractivity contribution < 1.29 is 4.79 Å². The Kier molecular flexibility index (Phi) is 4.85. The minimum Gasteiger partial charge on any atom is -0.302 e. The normalized spacial score (nSPS) is 17.3. The molecule has 0 saturated carbocycles. The second-order valence-electron chi connectivity index (χ2n) is 5.26. The third-order valence-electron chi connectivity index (χ3n) is 3.67. The molecular formula is C17H18N2OS2. The molecule has 1 aliphatic carbocycles. The Labute approximate surface area is 138 Å². The molecule has 5 heteroatoms. The standard InChI is InChI=1S/C17H18N2OS2/c1-2-12-5-7-13(8-6-12)15-11-22-17(18-15)19-16(20)10-14-4-3-9-21-14/h3-5,7-9,11-12H,2,6,10H2,1H3,(H,18,19,20). The molecule has 2 aromatic rings. The molecular weight excluding hydrogens is 312 g/mol. The van der Waals surface area contributed by atoms with E-state index in [2.05, 4.69) is 35.5 Å². The summed E-state index contributed by atoms with van der Waals surface area (Å²) < 4.78 is 0. The topological polar surface area (TPSA) is 42.0 Å². The molecule has 0 bridgehead atoms. The Morgan fingerprint density at radius 2 is 2.36 bits per heavy atom. The Morgan fingerprint density at radius 3 is 3.05 bits per heavy atom. The zero-order valence-electron chi connectivity index (χ0n) is 12.4. The Balaban J connectivity index is 1.61. The highest BCUT2D eigenvalue weighted by Gasteiger charge is 2.12. The van der Waals surface area contributed by atoms with Crippen molar-refractivity contribution in [3.05, 3.63) is 51.7 Å². The molecule has 1 aliphatic rings. The van der Waals surface area contributed by atoms with Gasteiger partial charge in [0.1, 0.15) is 0 Å². The fourth-order valence-electron chi connectivity index (χ4n) is 2.36. The van der Waals surface area contributed by atoms with Crippen LogP contribution in [0, 0.1) is 5.92 Å². The molecule has 0 saturated heterocycles. The molecule has 1 unspecified atom stereocenters. The SMILES string of the molecule is CCC1C=CC(c2csc(NC(=O)Cc3cccs3)n2)=CC1. The quantitative estimate of drug-likeness (QED) is 0.859. The van der Waals surface area contributed by atoms with Crippen LogP contribution in [0.1, 0.15) is 30.3 Å². The maximum absolute atomic E-state index is 12.0. The molecule has 22 heavy (non-hydrogen) atoms. The molecule has 0 aliphatic heterocycles. The average molecular weight is 330 g/mol. The van der Waals surface area contributed by atoms with E-state index in [-0.39, 0.29) is 5.91 Å². The van der Waals surface area contributed by atoms with Crippen molar-refractivity contribution >= 4 is 39.3 Å². The van der Waals surface area contributed by atoms with E-state index in [0.717, 1.165) is 22.6 Å². The van der Waals surface area contributed by atoms with Gasteiger partial charge in [-0.15, -0.1) is 22.7 Å². The Morgan fingerprint density at radius 1 is 1.45 bits per heavy atom. The fraction of sp³-hybridized carbons (Fsp3) is 0.294. The number of thiophene rings is 1. The van der Waals surface area contributed by atoms with Gasteiger partial charge in [-0.2, -0.15) is 0 Å². The monoisotopic (exact) mass is 330 g/mol. The minimum atomic E-state index is -0.0115. The van der Waals surface area contributed by atoms with Gasteiger partial charge >= 0.3 is 0 Å². The maximum atomic E-state index is 12.0. The van der Waals surface area contributed by atoms with E-state index in [1.165, 1.54) is 17.8 Å². The lowest BCUT2D eigenvalue weighted by molar-refractivity contribution is -0.115.